The highest BCUT2D eigenvalue weighted by Gasteiger charge is 2.21. The number of aliphatic carboxylic acids is 1. The number of aromatic amines is 1. The number of hydrogen-bond acceptors (Lipinski definition) is 2. The maximum absolute atomic E-state index is 12.7. The van der Waals surface area contributed by atoms with E-state index in [2.05, 4.69) is 20.9 Å². The number of carbonyl (C=O) groups is 2. The summed E-state index contributed by atoms with van der Waals surface area (Å²) in [6.07, 6.45) is -0.237. The average molecular weight is 393 g/mol. The quantitative estimate of drug-likeness (QED) is 0.645. The van der Waals surface area contributed by atoms with Gasteiger partial charge in [-0.15, -0.1) is 0 Å². The Hall–Kier alpha value is -2.11. The second-order valence-electron chi connectivity index (χ2n) is 5.07. The number of fused-ring (bicyclic) bond motifs is 1. The van der Waals surface area contributed by atoms with Crippen LogP contribution in [-0.4, -0.2) is 21.8 Å². The minimum atomic E-state index is -0.995. The molecule has 0 fully saturated rings. The Morgan fingerprint density at radius 3 is 2.48 bits per heavy atom. The third-order valence-electron chi connectivity index (χ3n) is 3.53. The zero-order chi connectivity index (χ0) is 16.6. The van der Waals surface area contributed by atoms with Crippen LogP contribution < -0.4 is 0 Å². The SMILES string of the molecule is O=C(O)Cc1c(C(=O)c2ccc(Br)cc2)[nH]c2cc(Cl)ccc12. The fraction of sp³-hybridized carbons (Fsp3) is 0.0588. The van der Waals surface area contributed by atoms with Gasteiger partial charge in [-0.25, -0.2) is 0 Å². The van der Waals surface area contributed by atoms with Gasteiger partial charge in [-0.1, -0.05) is 33.6 Å². The molecule has 0 spiro atoms. The minimum Gasteiger partial charge on any atom is -0.481 e. The van der Waals surface area contributed by atoms with Crippen molar-refractivity contribution in [3.05, 3.63) is 68.8 Å². The van der Waals surface area contributed by atoms with Gasteiger partial charge >= 0.3 is 5.97 Å². The van der Waals surface area contributed by atoms with Crippen LogP contribution in [-0.2, 0) is 11.2 Å². The highest BCUT2D eigenvalue weighted by molar-refractivity contribution is 9.10. The molecule has 0 aliphatic carbocycles. The Balaban J connectivity index is 2.16. The lowest BCUT2D eigenvalue weighted by molar-refractivity contribution is -0.136. The highest BCUT2D eigenvalue weighted by atomic mass is 79.9. The summed E-state index contributed by atoms with van der Waals surface area (Å²) in [6, 6.07) is 12.0. The van der Waals surface area contributed by atoms with Crippen molar-refractivity contribution in [1.29, 1.82) is 0 Å². The molecule has 1 aromatic heterocycles. The molecule has 0 atom stereocenters. The van der Waals surface area contributed by atoms with E-state index in [1.54, 1.807) is 42.5 Å². The van der Waals surface area contributed by atoms with Crippen LogP contribution >= 0.6 is 27.5 Å². The van der Waals surface area contributed by atoms with Gasteiger partial charge in [0.1, 0.15) is 0 Å². The first kappa shape index (κ1) is 15.8. The summed E-state index contributed by atoms with van der Waals surface area (Å²) in [4.78, 5) is 26.9. The number of aromatic nitrogens is 1. The molecule has 4 nitrogen and oxygen atoms in total. The predicted octanol–water partition coefficient (Wildman–Crippen LogP) is 4.44. The summed E-state index contributed by atoms with van der Waals surface area (Å²) in [6.45, 7) is 0. The third kappa shape index (κ3) is 3.16. The number of ketones is 1. The van der Waals surface area contributed by atoms with E-state index in [-0.39, 0.29) is 17.9 Å². The van der Waals surface area contributed by atoms with Crippen molar-refractivity contribution in [2.24, 2.45) is 0 Å². The number of halogens is 2. The first-order chi connectivity index (χ1) is 11.0. The van der Waals surface area contributed by atoms with Gasteiger partial charge in [0.2, 0.25) is 5.78 Å². The summed E-state index contributed by atoms with van der Waals surface area (Å²) in [5, 5.41) is 10.4. The lowest BCUT2D eigenvalue weighted by Crippen LogP contribution is -2.08. The largest absolute Gasteiger partial charge is 0.481 e. The molecule has 0 saturated carbocycles. The molecule has 0 amide bonds. The first-order valence-corrected chi connectivity index (χ1v) is 7.95. The van der Waals surface area contributed by atoms with Gasteiger partial charge in [0.25, 0.3) is 0 Å². The van der Waals surface area contributed by atoms with Crippen LogP contribution in [0.25, 0.3) is 10.9 Å². The van der Waals surface area contributed by atoms with Gasteiger partial charge in [0.05, 0.1) is 12.1 Å². The van der Waals surface area contributed by atoms with E-state index >= 15 is 0 Å². The Bertz CT molecular complexity index is 915. The molecule has 116 valence electrons. The number of rotatable bonds is 4. The Kier molecular flexibility index (Phi) is 4.24. The van der Waals surface area contributed by atoms with E-state index in [1.165, 1.54) is 0 Å². The normalized spacial score (nSPS) is 10.9. The van der Waals surface area contributed by atoms with Crippen molar-refractivity contribution in [2.75, 3.05) is 0 Å². The van der Waals surface area contributed by atoms with Crippen LogP contribution in [0.15, 0.2) is 46.9 Å². The Morgan fingerprint density at radius 2 is 1.83 bits per heavy atom. The summed E-state index contributed by atoms with van der Waals surface area (Å²) < 4.78 is 0.864. The number of H-pyrrole nitrogens is 1. The lowest BCUT2D eigenvalue weighted by Gasteiger charge is -2.03. The summed E-state index contributed by atoms with van der Waals surface area (Å²) >= 11 is 9.30. The molecule has 0 radical (unpaired) electrons. The lowest BCUT2D eigenvalue weighted by atomic mass is 10.0. The summed E-state index contributed by atoms with van der Waals surface area (Å²) in [5.74, 6) is -1.24. The van der Waals surface area contributed by atoms with Crippen molar-refractivity contribution in [1.82, 2.24) is 4.98 Å². The molecule has 0 saturated heterocycles. The van der Waals surface area contributed by atoms with Gasteiger partial charge < -0.3 is 10.1 Å². The first-order valence-electron chi connectivity index (χ1n) is 6.78. The summed E-state index contributed by atoms with van der Waals surface area (Å²) in [7, 11) is 0. The molecule has 0 aliphatic heterocycles. The molecule has 0 bridgehead atoms. The number of carbonyl (C=O) groups excluding carboxylic acids is 1. The Labute approximate surface area is 145 Å². The fourth-order valence-corrected chi connectivity index (χ4v) is 2.94. The second-order valence-corrected chi connectivity index (χ2v) is 6.43. The van der Waals surface area contributed by atoms with Crippen LogP contribution in [0.3, 0.4) is 0 Å². The highest BCUT2D eigenvalue weighted by Crippen LogP contribution is 2.27. The van der Waals surface area contributed by atoms with Crippen LogP contribution in [0, 0.1) is 0 Å². The van der Waals surface area contributed by atoms with Gasteiger partial charge in [0, 0.05) is 31.5 Å². The van der Waals surface area contributed by atoms with E-state index in [0.29, 0.717) is 27.1 Å². The molecule has 1 heterocycles. The van der Waals surface area contributed by atoms with Gasteiger partial charge in [-0.3, -0.25) is 9.59 Å². The maximum atomic E-state index is 12.7. The molecule has 0 aliphatic rings. The predicted molar refractivity (Wildman–Crippen MR) is 92.2 cm³/mol. The molecular formula is C17H11BrClNO3. The zero-order valence-electron chi connectivity index (χ0n) is 11.8. The van der Waals surface area contributed by atoms with Crippen LogP contribution in [0.5, 0.6) is 0 Å². The molecule has 6 heteroatoms. The molecule has 2 N–H and O–H groups in total. The van der Waals surface area contributed by atoms with Crippen LogP contribution in [0.4, 0.5) is 0 Å². The van der Waals surface area contributed by atoms with Crippen LogP contribution in [0.2, 0.25) is 5.02 Å². The fourth-order valence-electron chi connectivity index (χ4n) is 2.50. The topological polar surface area (TPSA) is 70.2 Å². The van der Waals surface area contributed by atoms with Crippen molar-refractivity contribution in [3.8, 4) is 0 Å². The summed E-state index contributed by atoms with van der Waals surface area (Å²) in [5.41, 5.74) is 1.88. The number of benzene rings is 2. The number of hydrogen-bond donors (Lipinski definition) is 2. The van der Waals surface area contributed by atoms with Crippen molar-refractivity contribution >= 4 is 50.2 Å². The maximum Gasteiger partial charge on any atom is 0.307 e. The molecule has 2 aromatic carbocycles. The standard InChI is InChI=1S/C17H11BrClNO3/c18-10-3-1-9(2-4-10)17(23)16-13(8-15(21)22)12-6-5-11(19)7-14(12)20-16/h1-7,20H,8H2,(H,21,22). The zero-order valence-corrected chi connectivity index (χ0v) is 14.1. The Morgan fingerprint density at radius 1 is 1.13 bits per heavy atom. The molecule has 23 heavy (non-hydrogen) atoms. The van der Waals surface area contributed by atoms with Gasteiger partial charge in [0.15, 0.2) is 0 Å². The van der Waals surface area contributed by atoms with Gasteiger partial charge in [-0.05, 0) is 36.4 Å². The molecule has 3 rings (SSSR count). The van der Waals surface area contributed by atoms with E-state index in [0.717, 1.165) is 4.47 Å². The monoisotopic (exact) mass is 391 g/mol. The van der Waals surface area contributed by atoms with E-state index in [4.69, 9.17) is 16.7 Å². The number of carboxylic acid groups (broad SMARTS) is 1. The molecular weight excluding hydrogens is 382 g/mol. The number of carboxylic acids is 1. The van der Waals surface area contributed by atoms with Crippen molar-refractivity contribution in [3.63, 3.8) is 0 Å². The van der Waals surface area contributed by atoms with E-state index < -0.39 is 5.97 Å². The smallest absolute Gasteiger partial charge is 0.307 e. The van der Waals surface area contributed by atoms with E-state index in [9.17, 15) is 9.59 Å². The van der Waals surface area contributed by atoms with Gasteiger partial charge in [-0.2, -0.15) is 0 Å². The van der Waals surface area contributed by atoms with E-state index in [1.807, 2.05) is 0 Å². The average Bonchev–Trinajstić information content (AvgIpc) is 2.84. The molecule has 3 aromatic rings. The minimum absolute atomic E-state index is 0.237. The third-order valence-corrected chi connectivity index (χ3v) is 4.29. The number of nitrogens with one attached hydrogen (secondary N) is 1. The van der Waals surface area contributed by atoms with Crippen molar-refractivity contribution in [2.45, 2.75) is 6.42 Å². The van der Waals surface area contributed by atoms with Crippen LogP contribution in [0.1, 0.15) is 21.6 Å². The molecule has 0 unspecified atom stereocenters. The second kappa shape index (κ2) is 6.18. The van der Waals surface area contributed by atoms with Crippen molar-refractivity contribution < 1.29 is 14.7 Å².